The zero-order valence-electron chi connectivity index (χ0n) is 14.5. The average molecular weight is 371 g/mol. The number of nitrogens with zero attached hydrogens (tertiary/aromatic N) is 3. The highest BCUT2D eigenvalue weighted by atomic mass is 35.5. The van der Waals surface area contributed by atoms with Crippen molar-refractivity contribution in [3.05, 3.63) is 53.6 Å². The van der Waals surface area contributed by atoms with Gasteiger partial charge in [-0.2, -0.15) is 0 Å². The van der Waals surface area contributed by atoms with Crippen molar-refractivity contribution in [2.45, 2.75) is 18.6 Å². The third-order valence-corrected chi connectivity index (χ3v) is 4.98. The second-order valence-electron chi connectivity index (χ2n) is 6.85. The third kappa shape index (κ3) is 3.50. The summed E-state index contributed by atoms with van der Waals surface area (Å²) in [6, 6.07) is 15.6. The molecule has 26 heavy (non-hydrogen) atoms. The lowest BCUT2D eigenvalue weighted by atomic mass is 10.0. The minimum atomic E-state index is -0.821. The number of halogens is 2. The largest absolute Gasteiger partial charge is 0.364 e. The van der Waals surface area contributed by atoms with E-state index in [1.54, 1.807) is 0 Å². The zero-order chi connectivity index (χ0) is 18.1. The van der Waals surface area contributed by atoms with Crippen LogP contribution in [0.2, 0.25) is 5.02 Å². The topological polar surface area (TPSA) is 41.0 Å². The summed E-state index contributed by atoms with van der Waals surface area (Å²) in [4.78, 5) is 2.00. The van der Waals surface area contributed by atoms with E-state index in [1.165, 1.54) is 0 Å². The van der Waals surface area contributed by atoms with Crippen molar-refractivity contribution in [3.8, 4) is 11.3 Å². The van der Waals surface area contributed by atoms with Crippen molar-refractivity contribution < 1.29 is 4.39 Å². The molecule has 1 aliphatic heterocycles. The van der Waals surface area contributed by atoms with Gasteiger partial charge < -0.3 is 10.2 Å². The number of nitrogens with one attached hydrogen (secondary N) is 1. The maximum Gasteiger partial charge on any atom is 0.156 e. The number of hydrogen-bond acceptors (Lipinski definition) is 4. The standard InChI is InChI=1S/C20H20ClFN4/c1-26-11-15(22)10-16(12-26)23-20-18-5-3-2-4-17(18)19(24-25-20)13-6-8-14(21)9-7-13/h2-9,15-16H,10-12H2,1H3,(H,23,25)/t15-,16+/m0/s1. The van der Waals surface area contributed by atoms with Crippen LogP contribution in [0.25, 0.3) is 22.0 Å². The maximum absolute atomic E-state index is 13.9. The number of likely N-dealkylation sites (N-methyl/N-ethyl adjacent to an activating group) is 1. The van der Waals surface area contributed by atoms with Crippen LogP contribution in [0.5, 0.6) is 0 Å². The highest BCUT2D eigenvalue weighted by Crippen LogP contribution is 2.31. The van der Waals surface area contributed by atoms with E-state index in [-0.39, 0.29) is 6.04 Å². The number of piperidine rings is 1. The first-order valence-electron chi connectivity index (χ1n) is 8.70. The first kappa shape index (κ1) is 17.2. The van der Waals surface area contributed by atoms with E-state index in [4.69, 9.17) is 11.6 Å². The monoisotopic (exact) mass is 370 g/mol. The molecule has 2 heterocycles. The molecule has 3 aromatic rings. The van der Waals surface area contributed by atoms with Crippen molar-refractivity contribution in [3.63, 3.8) is 0 Å². The Hall–Kier alpha value is -2.24. The van der Waals surface area contributed by atoms with E-state index in [1.807, 2.05) is 60.5 Å². The molecule has 1 N–H and O–H groups in total. The molecule has 134 valence electrons. The van der Waals surface area contributed by atoms with Gasteiger partial charge in [-0.25, -0.2) is 4.39 Å². The van der Waals surface area contributed by atoms with Gasteiger partial charge in [0.15, 0.2) is 5.82 Å². The smallest absolute Gasteiger partial charge is 0.156 e. The van der Waals surface area contributed by atoms with Gasteiger partial charge in [0.25, 0.3) is 0 Å². The van der Waals surface area contributed by atoms with E-state index < -0.39 is 6.17 Å². The Morgan fingerprint density at radius 1 is 1.04 bits per heavy atom. The van der Waals surface area contributed by atoms with Gasteiger partial charge in [-0.05, 0) is 19.2 Å². The zero-order valence-corrected chi connectivity index (χ0v) is 15.2. The van der Waals surface area contributed by atoms with Gasteiger partial charge in [0, 0.05) is 46.9 Å². The highest BCUT2D eigenvalue weighted by molar-refractivity contribution is 6.30. The van der Waals surface area contributed by atoms with E-state index in [0.717, 1.165) is 28.6 Å². The Balaban J connectivity index is 1.71. The second kappa shape index (κ2) is 7.17. The summed E-state index contributed by atoms with van der Waals surface area (Å²) >= 11 is 5.99. The molecule has 1 aliphatic rings. The van der Waals surface area contributed by atoms with E-state index in [9.17, 15) is 4.39 Å². The number of fused-ring (bicyclic) bond motifs is 1. The molecule has 6 heteroatoms. The van der Waals surface area contributed by atoms with E-state index >= 15 is 0 Å². The molecule has 2 aromatic carbocycles. The number of benzene rings is 2. The molecule has 0 aliphatic carbocycles. The SMILES string of the molecule is CN1C[C@@H](F)C[C@@H](Nc2nnc(-c3ccc(Cl)cc3)c3ccccc23)C1. The van der Waals surface area contributed by atoms with Gasteiger partial charge in [0.05, 0.1) is 0 Å². The molecule has 0 spiro atoms. The predicted molar refractivity (Wildman–Crippen MR) is 104 cm³/mol. The molecule has 4 nitrogen and oxygen atoms in total. The van der Waals surface area contributed by atoms with Crippen LogP contribution in [-0.4, -0.2) is 47.4 Å². The second-order valence-corrected chi connectivity index (χ2v) is 7.28. The Bertz CT molecular complexity index is 905. The van der Waals surface area contributed by atoms with E-state index in [0.29, 0.717) is 23.8 Å². The van der Waals surface area contributed by atoms with Crippen molar-refractivity contribution in [2.75, 3.05) is 25.5 Å². The minimum absolute atomic E-state index is 0.0165. The van der Waals surface area contributed by atoms with Crippen molar-refractivity contribution in [1.82, 2.24) is 15.1 Å². The Labute approximate surface area is 157 Å². The molecule has 0 unspecified atom stereocenters. The number of rotatable bonds is 3. The lowest BCUT2D eigenvalue weighted by Gasteiger charge is -2.32. The number of hydrogen-bond donors (Lipinski definition) is 1. The molecule has 0 saturated carbocycles. The molecule has 0 bridgehead atoms. The third-order valence-electron chi connectivity index (χ3n) is 4.73. The first-order chi connectivity index (χ1) is 12.6. The molecule has 1 aromatic heterocycles. The number of aromatic nitrogens is 2. The van der Waals surface area contributed by atoms with E-state index in [2.05, 4.69) is 15.5 Å². The van der Waals surface area contributed by atoms with Gasteiger partial charge >= 0.3 is 0 Å². The van der Waals surface area contributed by atoms with Gasteiger partial charge in [-0.3, -0.25) is 0 Å². The highest BCUT2D eigenvalue weighted by Gasteiger charge is 2.25. The number of alkyl halides is 1. The Morgan fingerprint density at radius 3 is 2.50 bits per heavy atom. The van der Waals surface area contributed by atoms with Gasteiger partial charge in [-0.15, -0.1) is 10.2 Å². The number of likely N-dealkylation sites (tertiary alicyclic amines) is 1. The average Bonchev–Trinajstić information content (AvgIpc) is 2.62. The molecule has 0 radical (unpaired) electrons. The van der Waals surface area contributed by atoms with Crippen LogP contribution in [-0.2, 0) is 0 Å². The van der Waals surface area contributed by atoms with Gasteiger partial charge in [-0.1, -0.05) is 48.0 Å². The minimum Gasteiger partial charge on any atom is -0.364 e. The molecule has 1 saturated heterocycles. The van der Waals surface area contributed by atoms with Crippen molar-refractivity contribution in [1.29, 1.82) is 0 Å². The predicted octanol–water partition coefficient (Wildman–Crippen LogP) is 4.40. The van der Waals surface area contributed by atoms with Crippen LogP contribution in [0.4, 0.5) is 10.2 Å². The molecule has 4 rings (SSSR count). The maximum atomic E-state index is 13.9. The van der Waals surface area contributed by atoms with Gasteiger partial charge in [0.1, 0.15) is 11.9 Å². The summed E-state index contributed by atoms with van der Waals surface area (Å²) in [6.07, 6.45) is -0.335. The number of anilines is 1. The van der Waals surface area contributed by atoms with Crippen LogP contribution in [0.3, 0.4) is 0 Å². The molecule has 0 amide bonds. The van der Waals surface area contributed by atoms with Crippen molar-refractivity contribution in [2.24, 2.45) is 0 Å². The summed E-state index contributed by atoms with van der Waals surface area (Å²) in [5, 5.41) is 14.9. The summed E-state index contributed by atoms with van der Waals surface area (Å²) in [5.74, 6) is 0.700. The van der Waals surface area contributed by atoms with Crippen LogP contribution in [0.1, 0.15) is 6.42 Å². The molecule has 2 atom stereocenters. The normalized spacial score (nSPS) is 21.0. The fraction of sp³-hybridized carbons (Fsp3) is 0.300. The van der Waals surface area contributed by atoms with Crippen LogP contribution < -0.4 is 5.32 Å². The molecular weight excluding hydrogens is 351 g/mol. The quantitative estimate of drug-likeness (QED) is 0.741. The van der Waals surface area contributed by atoms with Crippen LogP contribution >= 0.6 is 11.6 Å². The van der Waals surface area contributed by atoms with Crippen LogP contribution in [0, 0.1) is 0 Å². The molecular formula is C20H20ClFN4. The van der Waals surface area contributed by atoms with Gasteiger partial charge in [0.2, 0.25) is 0 Å². The fourth-order valence-corrected chi connectivity index (χ4v) is 3.70. The Morgan fingerprint density at radius 2 is 1.77 bits per heavy atom. The molecule has 1 fully saturated rings. The lowest BCUT2D eigenvalue weighted by Crippen LogP contribution is -2.45. The lowest BCUT2D eigenvalue weighted by molar-refractivity contribution is 0.153. The first-order valence-corrected chi connectivity index (χ1v) is 9.08. The van der Waals surface area contributed by atoms with Crippen molar-refractivity contribution >= 4 is 28.2 Å². The Kier molecular flexibility index (Phi) is 4.74. The summed E-state index contributed by atoms with van der Waals surface area (Å²) in [7, 11) is 1.94. The summed E-state index contributed by atoms with van der Waals surface area (Å²) in [5.41, 5.74) is 1.78. The fourth-order valence-electron chi connectivity index (χ4n) is 3.58. The van der Waals surface area contributed by atoms with Crippen LogP contribution in [0.15, 0.2) is 48.5 Å². The summed E-state index contributed by atoms with van der Waals surface area (Å²) in [6.45, 7) is 1.27. The summed E-state index contributed by atoms with van der Waals surface area (Å²) < 4.78 is 13.9.